The van der Waals surface area contributed by atoms with Crippen LogP contribution in [0.5, 0.6) is 0 Å². The van der Waals surface area contributed by atoms with Gasteiger partial charge in [0.25, 0.3) is 0 Å². The molecule has 0 spiro atoms. The molecule has 0 bridgehead atoms. The van der Waals surface area contributed by atoms with Crippen molar-refractivity contribution in [2.45, 2.75) is 12.3 Å². The van der Waals surface area contributed by atoms with E-state index in [2.05, 4.69) is 57.5 Å². The lowest BCUT2D eigenvalue weighted by Crippen LogP contribution is -1.82. The normalized spacial score (nSPS) is 10.4. The third-order valence-corrected chi connectivity index (χ3v) is 3.56. The van der Waals surface area contributed by atoms with Crippen molar-refractivity contribution in [3.8, 4) is 10.6 Å². The summed E-state index contributed by atoms with van der Waals surface area (Å²) in [5, 5.41) is 4.03. The molecule has 1 heterocycles. The highest BCUT2D eigenvalue weighted by molar-refractivity contribution is 9.08. The predicted octanol–water partition coefficient (Wildman–Crippen LogP) is 4.01. The number of aryl methyl sites for hydroxylation is 1. The molecule has 3 heteroatoms. The second kappa shape index (κ2) is 4.24. The Morgan fingerprint density at radius 3 is 2.79 bits per heavy atom. The van der Waals surface area contributed by atoms with Gasteiger partial charge in [-0.05, 0) is 12.5 Å². The zero-order chi connectivity index (χ0) is 9.97. The van der Waals surface area contributed by atoms with Crippen molar-refractivity contribution in [3.05, 3.63) is 40.9 Å². The van der Waals surface area contributed by atoms with Crippen LogP contribution < -0.4 is 0 Å². The van der Waals surface area contributed by atoms with E-state index in [9.17, 15) is 0 Å². The number of halogens is 1. The van der Waals surface area contributed by atoms with Crippen LogP contribution in [0.25, 0.3) is 10.6 Å². The first kappa shape index (κ1) is 9.87. The zero-order valence-electron chi connectivity index (χ0n) is 7.83. The van der Waals surface area contributed by atoms with Crippen molar-refractivity contribution >= 4 is 27.3 Å². The van der Waals surface area contributed by atoms with Crippen molar-refractivity contribution in [3.63, 3.8) is 0 Å². The van der Waals surface area contributed by atoms with E-state index in [4.69, 9.17) is 0 Å². The lowest BCUT2D eigenvalue weighted by atomic mass is 10.1. The molecule has 0 fully saturated rings. The molecule has 14 heavy (non-hydrogen) atoms. The maximum absolute atomic E-state index is 4.53. The van der Waals surface area contributed by atoms with E-state index in [1.165, 1.54) is 11.1 Å². The molecule has 0 unspecified atom stereocenters. The Bertz CT molecular complexity index is 436. The monoisotopic (exact) mass is 267 g/mol. The highest BCUT2D eigenvalue weighted by Gasteiger charge is 2.05. The summed E-state index contributed by atoms with van der Waals surface area (Å²) in [5.41, 5.74) is 3.63. The fraction of sp³-hybridized carbons (Fsp3) is 0.182. The van der Waals surface area contributed by atoms with E-state index in [0.29, 0.717) is 0 Å². The van der Waals surface area contributed by atoms with E-state index < -0.39 is 0 Å². The largest absolute Gasteiger partial charge is 0.240 e. The smallest absolute Gasteiger partial charge is 0.123 e. The Morgan fingerprint density at radius 1 is 1.36 bits per heavy atom. The van der Waals surface area contributed by atoms with Gasteiger partial charge in [0, 0.05) is 16.3 Å². The van der Waals surface area contributed by atoms with Gasteiger partial charge in [-0.2, -0.15) is 0 Å². The minimum atomic E-state index is 0.829. The second-order valence-corrected chi connectivity index (χ2v) is 4.51. The molecule has 0 N–H and O–H groups in total. The highest BCUT2D eigenvalue weighted by Crippen LogP contribution is 2.26. The minimum absolute atomic E-state index is 0.829. The van der Waals surface area contributed by atoms with Gasteiger partial charge in [0.05, 0.1) is 5.69 Å². The number of aromatic nitrogens is 1. The highest BCUT2D eigenvalue weighted by atomic mass is 79.9. The molecule has 72 valence electrons. The van der Waals surface area contributed by atoms with Crippen LogP contribution in [0.4, 0.5) is 0 Å². The molecular formula is C11H10BrNS. The fourth-order valence-electron chi connectivity index (χ4n) is 1.30. The summed E-state index contributed by atoms with van der Waals surface area (Å²) in [6.45, 7) is 2.12. The van der Waals surface area contributed by atoms with Crippen LogP contribution in [0.3, 0.4) is 0 Å². The first-order chi connectivity index (χ1) is 6.81. The molecule has 0 aliphatic carbocycles. The average molecular weight is 268 g/mol. The van der Waals surface area contributed by atoms with Crippen LogP contribution in [0.1, 0.15) is 11.3 Å². The topological polar surface area (TPSA) is 12.9 Å². The van der Waals surface area contributed by atoms with Gasteiger partial charge in [-0.25, -0.2) is 4.98 Å². The Labute approximate surface area is 95.9 Å². The number of benzene rings is 1. The molecular weight excluding hydrogens is 258 g/mol. The maximum atomic E-state index is 4.53. The predicted molar refractivity (Wildman–Crippen MR) is 64.9 cm³/mol. The van der Waals surface area contributed by atoms with E-state index in [1.54, 1.807) is 11.3 Å². The van der Waals surface area contributed by atoms with Crippen LogP contribution in [0.15, 0.2) is 29.6 Å². The fourth-order valence-corrected chi connectivity index (χ4v) is 2.72. The minimum Gasteiger partial charge on any atom is -0.240 e. The van der Waals surface area contributed by atoms with Crippen molar-refractivity contribution < 1.29 is 0 Å². The van der Waals surface area contributed by atoms with Gasteiger partial charge < -0.3 is 0 Å². The van der Waals surface area contributed by atoms with E-state index >= 15 is 0 Å². The third-order valence-electron chi connectivity index (χ3n) is 2.06. The molecule has 1 aromatic heterocycles. The lowest BCUT2D eigenvalue weighted by molar-refractivity contribution is 1.24. The van der Waals surface area contributed by atoms with Gasteiger partial charge in [-0.15, -0.1) is 11.3 Å². The molecule has 2 aromatic rings. The van der Waals surface area contributed by atoms with Gasteiger partial charge in [-0.3, -0.25) is 0 Å². The SMILES string of the molecule is Cc1ccccc1-c1nc(CBr)cs1. The van der Waals surface area contributed by atoms with Crippen molar-refractivity contribution in [2.75, 3.05) is 0 Å². The second-order valence-electron chi connectivity index (χ2n) is 3.09. The van der Waals surface area contributed by atoms with Crippen molar-refractivity contribution in [1.29, 1.82) is 0 Å². The summed E-state index contributed by atoms with van der Waals surface area (Å²) in [6.07, 6.45) is 0. The lowest BCUT2D eigenvalue weighted by Gasteiger charge is -1.99. The quantitative estimate of drug-likeness (QED) is 0.750. The number of nitrogens with zero attached hydrogens (tertiary/aromatic N) is 1. The molecule has 1 aromatic carbocycles. The number of thiazole rings is 1. The molecule has 1 nitrogen and oxygen atoms in total. The van der Waals surface area contributed by atoms with Gasteiger partial charge in [0.2, 0.25) is 0 Å². The molecule has 0 aliphatic rings. The van der Waals surface area contributed by atoms with Crippen LogP contribution in [0, 0.1) is 6.92 Å². The van der Waals surface area contributed by atoms with Gasteiger partial charge in [0.1, 0.15) is 5.01 Å². The summed E-state index contributed by atoms with van der Waals surface area (Å²) in [4.78, 5) is 4.53. The summed E-state index contributed by atoms with van der Waals surface area (Å²) >= 11 is 5.11. The van der Waals surface area contributed by atoms with E-state index in [-0.39, 0.29) is 0 Å². The number of rotatable bonds is 2. The van der Waals surface area contributed by atoms with Crippen LogP contribution in [-0.2, 0) is 5.33 Å². The van der Waals surface area contributed by atoms with Crippen LogP contribution >= 0.6 is 27.3 Å². The first-order valence-corrected chi connectivity index (χ1v) is 6.38. The van der Waals surface area contributed by atoms with Gasteiger partial charge >= 0.3 is 0 Å². The standard InChI is InChI=1S/C11H10BrNS/c1-8-4-2-3-5-10(8)11-13-9(6-12)7-14-11/h2-5,7H,6H2,1H3. The van der Waals surface area contributed by atoms with Crippen LogP contribution in [-0.4, -0.2) is 4.98 Å². The third kappa shape index (κ3) is 1.88. The molecule has 0 saturated carbocycles. The Morgan fingerprint density at radius 2 is 2.14 bits per heavy atom. The Balaban J connectivity index is 2.44. The molecule has 0 radical (unpaired) electrons. The number of alkyl halides is 1. The van der Waals surface area contributed by atoms with E-state index in [0.717, 1.165) is 16.0 Å². The molecule has 0 saturated heterocycles. The number of hydrogen-bond acceptors (Lipinski definition) is 2. The summed E-state index contributed by atoms with van der Waals surface area (Å²) in [5.74, 6) is 0. The average Bonchev–Trinajstić information content (AvgIpc) is 2.67. The molecule has 0 aliphatic heterocycles. The Hall–Kier alpha value is -0.670. The Kier molecular flexibility index (Phi) is 2.99. The summed E-state index contributed by atoms with van der Waals surface area (Å²) < 4.78 is 0. The first-order valence-electron chi connectivity index (χ1n) is 4.37. The van der Waals surface area contributed by atoms with Crippen molar-refractivity contribution in [1.82, 2.24) is 4.98 Å². The number of hydrogen-bond donors (Lipinski definition) is 0. The zero-order valence-corrected chi connectivity index (χ0v) is 10.2. The maximum Gasteiger partial charge on any atom is 0.123 e. The molecule has 0 atom stereocenters. The van der Waals surface area contributed by atoms with Gasteiger partial charge in [0.15, 0.2) is 0 Å². The summed E-state index contributed by atoms with van der Waals surface area (Å²) in [6, 6.07) is 8.34. The summed E-state index contributed by atoms with van der Waals surface area (Å²) in [7, 11) is 0. The van der Waals surface area contributed by atoms with Crippen LogP contribution in [0.2, 0.25) is 0 Å². The molecule has 2 rings (SSSR count). The van der Waals surface area contributed by atoms with E-state index in [1.807, 2.05) is 0 Å². The van der Waals surface area contributed by atoms with Gasteiger partial charge in [-0.1, -0.05) is 40.2 Å². The molecule has 0 amide bonds. The van der Waals surface area contributed by atoms with Crippen molar-refractivity contribution in [2.24, 2.45) is 0 Å².